The average molecular weight is 334 g/mol. The van der Waals surface area contributed by atoms with Gasteiger partial charge in [0, 0.05) is 28.5 Å². The molecule has 112 valence electrons. The van der Waals surface area contributed by atoms with E-state index in [-0.39, 0.29) is 17.2 Å². The van der Waals surface area contributed by atoms with Crippen molar-refractivity contribution in [2.75, 3.05) is 5.75 Å². The van der Waals surface area contributed by atoms with Crippen molar-refractivity contribution < 1.29 is 9.59 Å². The van der Waals surface area contributed by atoms with Crippen LogP contribution in [0.3, 0.4) is 0 Å². The molecule has 0 radical (unpaired) electrons. The molecule has 1 fully saturated rings. The molecule has 0 spiro atoms. The summed E-state index contributed by atoms with van der Waals surface area (Å²) in [7, 11) is 0. The normalized spacial score (nSPS) is 17.6. The number of benzene rings is 1. The van der Waals surface area contributed by atoms with Crippen molar-refractivity contribution in [2.24, 2.45) is 0 Å². The first-order chi connectivity index (χ1) is 10.7. The maximum absolute atomic E-state index is 12.2. The van der Waals surface area contributed by atoms with E-state index in [1.165, 1.54) is 29.2 Å². The Morgan fingerprint density at radius 1 is 1.27 bits per heavy atom. The van der Waals surface area contributed by atoms with Crippen LogP contribution in [0.25, 0.3) is 0 Å². The topological polar surface area (TPSA) is 62.3 Å². The van der Waals surface area contributed by atoms with E-state index in [1.807, 2.05) is 18.2 Å². The maximum atomic E-state index is 12.2. The fraction of sp³-hybridized carbons (Fsp3) is 0.133. The van der Waals surface area contributed by atoms with Gasteiger partial charge in [0.05, 0.1) is 5.75 Å². The Balaban J connectivity index is 1.83. The van der Waals surface area contributed by atoms with Crippen LogP contribution < -0.4 is 5.43 Å². The van der Waals surface area contributed by atoms with Crippen molar-refractivity contribution in [3.05, 3.63) is 64.9 Å². The van der Waals surface area contributed by atoms with Crippen molar-refractivity contribution in [1.82, 2.24) is 15.4 Å². The fourth-order valence-corrected chi connectivity index (χ4v) is 3.58. The van der Waals surface area contributed by atoms with E-state index in [0.717, 1.165) is 5.56 Å². The molecule has 0 saturated carbocycles. The van der Waals surface area contributed by atoms with Gasteiger partial charge < -0.3 is 0 Å². The van der Waals surface area contributed by atoms with Gasteiger partial charge in [-0.2, -0.15) is 0 Å². The molecule has 1 unspecified atom stereocenters. The van der Waals surface area contributed by atoms with Crippen LogP contribution in [-0.2, 0) is 4.79 Å². The molecule has 1 saturated heterocycles. The van der Waals surface area contributed by atoms with Crippen LogP contribution in [0.15, 0.2) is 48.8 Å². The lowest BCUT2D eigenvalue weighted by Crippen LogP contribution is -2.44. The van der Waals surface area contributed by atoms with Gasteiger partial charge in [0.2, 0.25) is 0 Å². The molecule has 7 heteroatoms. The smallest absolute Gasteiger partial charge is 0.270 e. The lowest BCUT2D eigenvalue weighted by molar-refractivity contribution is -0.130. The Morgan fingerprint density at radius 3 is 2.73 bits per heavy atom. The Bertz CT molecular complexity index is 711. The predicted molar refractivity (Wildman–Crippen MR) is 85.2 cm³/mol. The first kappa shape index (κ1) is 14.9. The lowest BCUT2D eigenvalue weighted by atomic mass is 10.2. The van der Waals surface area contributed by atoms with Crippen molar-refractivity contribution in [3.8, 4) is 0 Å². The number of nitrogens with zero attached hydrogens (tertiary/aromatic N) is 2. The van der Waals surface area contributed by atoms with Crippen molar-refractivity contribution in [2.45, 2.75) is 5.37 Å². The molecule has 22 heavy (non-hydrogen) atoms. The largest absolute Gasteiger partial charge is 0.272 e. The van der Waals surface area contributed by atoms with Gasteiger partial charge in [-0.3, -0.25) is 20.0 Å². The number of aromatic nitrogens is 1. The van der Waals surface area contributed by atoms with Gasteiger partial charge in [-0.15, -0.1) is 11.8 Å². The first-order valence-electron chi connectivity index (χ1n) is 6.56. The molecule has 0 bridgehead atoms. The van der Waals surface area contributed by atoms with E-state index in [0.29, 0.717) is 16.3 Å². The number of hydrogen-bond acceptors (Lipinski definition) is 4. The molecule has 1 atom stereocenters. The zero-order chi connectivity index (χ0) is 15.5. The van der Waals surface area contributed by atoms with Gasteiger partial charge in [-0.25, -0.2) is 5.01 Å². The van der Waals surface area contributed by atoms with Crippen molar-refractivity contribution in [3.63, 3.8) is 0 Å². The number of carbonyl (C=O) groups is 2. The van der Waals surface area contributed by atoms with Crippen LogP contribution in [0.4, 0.5) is 0 Å². The molecule has 3 rings (SSSR count). The van der Waals surface area contributed by atoms with E-state index < -0.39 is 0 Å². The molecule has 0 aliphatic carbocycles. The minimum Gasteiger partial charge on any atom is -0.272 e. The SMILES string of the molecule is O=C(NN1C(=O)CSC1c1ccccc1Cl)c1ccncc1. The quantitative estimate of drug-likeness (QED) is 0.938. The molecule has 1 N–H and O–H groups in total. The highest BCUT2D eigenvalue weighted by Crippen LogP contribution is 2.40. The minimum absolute atomic E-state index is 0.155. The third-order valence-corrected chi connectivity index (χ3v) is 4.74. The zero-order valence-electron chi connectivity index (χ0n) is 11.4. The van der Waals surface area contributed by atoms with Gasteiger partial charge in [-0.1, -0.05) is 29.8 Å². The standard InChI is InChI=1S/C15H12ClN3O2S/c16-12-4-2-1-3-11(12)15-19(13(20)9-22-15)18-14(21)10-5-7-17-8-6-10/h1-8,15H,9H2,(H,18,21). The van der Waals surface area contributed by atoms with Crippen LogP contribution in [0, 0.1) is 0 Å². The Kier molecular flexibility index (Phi) is 4.31. The third-order valence-electron chi connectivity index (χ3n) is 3.20. The van der Waals surface area contributed by atoms with E-state index >= 15 is 0 Å². The summed E-state index contributed by atoms with van der Waals surface area (Å²) in [6, 6.07) is 10.5. The molecule has 1 aliphatic rings. The molecular formula is C15H12ClN3O2S. The number of halogens is 1. The van der Waals surface area contributed by atoms with E-state index in [9.17, 15) is 9.59 Å². The monoisotopic (exact) mass is 333 g/mol. The second kappa shape index (κ2) is 6.37. The van der Waals surface area contributed by atoms with Crippen LogP contribution in [-0.4, -0.2) is 27.6 Å². The molecule has 1 aromatic heterocycles. The van der Waals surface area contributed by atoms with Crippen LogP contribution >= 0.6 is 23.4 Å². The number of hydrogen-bond donors (Lipinski definition) is 1. The number of amides is 2. The summed E-state index contributed by atoms with van der Waals surface area (Å²) >= 11 is 7.63. The van der Waals surface area contributed by atoms with E-state index in [4.69, 9.17) is 11.6 Å². The molecular weight excluding hydrogens is 322 g/mol. The number of hydrazine groups is 1. The van der Waals surface area contributed by atoms with Gasteiger partial charge in [0.1, 0.15) is 5.37 Å². The summed E-state index contributed by atoms with van der Waals surface area (Å²) in [4.78, 5) is 28.2. The van der Waals surface area contributed by atoms with Crippen LogP contribution in [0.5, 0.6) is 0 Å². The summed E-state index contributed by atoms with van der Waals surface area (Å²) in [6.45, 7) is 0. The summed E-state index contributed by atoms with van der Waals surface area (Å²) < 4.78 is 0. The van der Waals surface area contributed by atoms with Crippen LogP contribution in [0.2, 0.25) is 5.02 Å². The zero-order valence-corrected chi connectivity index (χ0v) is 13.0. The number of rotatable bonds is 3. The highest BCUT2D eigenvalue weighted by molar-refractivity contribution is 8.00. The summed E-state index contributed by atoms with van der Waals surface area (Å²) in [5, 5.41) is 1.58. The number of pyridine rings is 1. The Morgan fingerprint density at radius 2 is 2.00 bits per heavy atom. The molecule has 2 aromatic rings. The second-order valence-electron chi connectivity index (χ2n) is 4.63. The Hall–Kier alpha value is -2.05. The van der Waals surface area contributed by atoms with Gasteiger partial charge in [0.25, 0.3) is 11.8 Å². The Labute approximate surface area is 136 Å². The highest BCUT2D eigenvalue weighted by atomic mass is 35.5. The molecule has 2 heterocycles. The van der Waals surface area contributed by atoms with Crippen molar-refractivity contribution >= 4 is 35.2 Å². The first-order valence-corrected chi connectivity index (χ1v) is 7.98. The highest BCUT2D eigenvalue weighted by Gasteiger charge is 2.35. The van der Waals surface area contributed by atoms with Crippen molar-refractivity contribution in [1.29, 1.82) is 0 Å². The number of nitrogens with one attached hydrogen (secondary N) is 1. The van der Waals surface area contributed by atoms with Gasteiger partial charge in [-0.05, 0) is 18.2 Å². The lowest BCUT2D eigenvalue weighted by Gasteiger charge is -2.25. The molecule has 1 aliphatic heterocycles. The molecule has 2 amide bonds. The average Bonchev–Trinajstić information content (AvgIpc) is 2.90. The number of thioether (sulfide) groups is 1. The minimum atomic E-state index is -0.352. The number of carbonyl (C=O) groups excluding carboxylic acids is 2. The summed E-state index contributed by atoms with van der Waals surface area (Å²) in [5.74, 6) is -0.209. The molecule has 1 aromatic carbocycles. The van der Waals surface area contributed by atoms with E-state index in [2.05, 4.69) is 10.4 Å². The fourth-order valence-electron chi connectivity index (χ4n) is 2.13. The molecule has 5 nitrogen and oxygen atoms in total. The predicted octanol–water partition coefficient (Wildman–Crippen LogP) is 2.65. The summed E-state index contributed by atoms with van der Waals surface area (Å²) in [6.07, 6.45) is 3.06. The van der Waals surface area contributed by atoms with Gasteiger partial charge in [0.15, 0.2) is 0 Å². The second-order valence-corrected chi connectivity index (χ2v) is 6.10. The van der Waals surface area contributed by atoms with Crippen LogP contribution in [0.1, 0.15) is 21.3 Å². The summed E-state index contributed by atoms with van der Waals surface area (Å²) in [5.41, 5.74) is 3.90. The van der Waals surface area contributed by atoms with Gasteiger partial charge >= 0.3 is 0 Å². The third kappa shape index (κ3) is 2.93. The maximum Gasteiger partial charge on any atom is 0.270 e. The van der Waals surface area contributed by atoms with E-state index in [1.54, 1.807) is 18.2 Å².